The fraction of sp³-hybridized carbons (Fsp3) is 0.688. The molecule has 0 radical (unpaired) electrons. The van der Waals surface area contributed by atoms with E-state index in [1.54, 1.807) is 0 Å². The highest BCUT2D eigenvalue weighted by Crippen LogP contribution is 2.51. The zero-order valence-corrected chi connectivity index (χ0v) is 12.4. The summed E-state index contributed by atoms with van der Waals surface area (Å²) in [6.45, 7) is 10.4. The van der Waals surface area contributed by atoms with Crippen LogP contribution in [-0.2, 0) is 0 Å². The first-order chi connectivity index (χ1) is 9.19. The summed E-state index contributed by atoms with van der Waals surface area (Å²) < 4.78 is 0. The molecule has 3 rings (SSSR count). The Morgan fingerprint density at radius 2 is 2.16 bits per heavy atom. The molecule has 4 unspecified atom stereocenters. The first-order valence-corrected chi connectivity index (χ1v) is 7.66. The molecule has 3 nitrogen and oxygen atoms in total. The van der Waals surface area contributed by atoms with Gasteiger partial charge in [0.15, 0.2) is 0 Å². The van der Waals surface area contributed by atoms with Crippen LogP contribution in [0, 0.1) is 11.8 Å². The van der Waals surface area contributed by atoms with Gasteiger partial charge in [-0.2, -0.15) is 0 Å². The molecule has 1 aromatic rings. The number of nitrogens with one attached hydrogen (secondary N) is 1. The highest BCUT2D eigenvalue weighted by atomic mass is 15.3. The molecular formula is C16H25N3. The van der Waals surface area contributed by atoms with Crippen molar-refractivity contribution in [3.63, 3.8) is 0 Å². The molecule has 2 aliphatic rings. The number of hydrogen-bond acceptors (Lipinski definition) is 3. The van der Waals surface area contributed by atoms with E-state index >= 15 is 0 Å². The summed E-state index contributed by atoms with van der Waals surface area (Å²) in [6, 6.07) is 4.89. The summed E-state index contributed by atoms with van der Waals surface area (Å²) in [7, 11) is 0. The molecule has 3 heteroatoms. The Bertz CT molecular complexity index is 457. The van der Waals surface area contributed by atoms with E-state index in [9.17, 15) is 0 Å². The first-order valence-electron chi connectivity index (χ1n) is 7.66. The molecule has 19 heavy (non-hydrogen) atoms. The molecular weight excluding hydrogens is 234 g/mol. The Morgan fingerprint density at radius 1 is 1.37 bits per heavy atom. The summed E-state index contributed by atoms with van der Waals surface area (Å²) in [5.41, 5.74) is 2.54. The van der Waals surface area contributed by atoms with Crippen LogP contribution in [0.15, 0.2) is 18.3 Å². The minimum atomic E-state index is 0.451. The lowest BCUT2D eigenvalue weighted by molar-refractivity contribution is 0.180. The van der Waals surface area contributed by atoms with E-state index in [1.165, 1.54) is 17.8 Å². The van der Waals surface area contributed by atoms with Crippen LogP contribution in [0.2, 0.25) is 0 Å². The lowest BCUT2D eigenvalue weighted by atomic mass is 9.79. The highest BCUT2D eigenvalue weighted by Gasteiger charge is 2.53. The van der Waals surface area contributed by atoms with Crippen LogP contribution in [0.5, 0.6) is 0 Å². The average molecular weight is 259 g/mol. The maximum Gasteiger partial charge on any atom is 0.0885 e. The number of fused-ring (bicyclic) bond motifs is 3. The molecule has 2 aliphatic heterocycles. The maximum atomic E-state index is 4.68. The Kier molecular flexibility index (Phi) is 3.25. The van der Waals surface area contributed by atoms with Gasteiger partial charge in [0.2, 0.25) is 0 Å². The minimum Gasteiger partial charge on any atom is -0.368 e. The molecule has 3 heterocycles. The van der Waals surface area contributed by atoms with Gasteiger partial charge in [-0.05, 0) is 36.9 Å². The van der Waals surface area contributed by atoms with Crippen LogP contribution < -0.4 is 5.32 Å². The van der Waals surface area contributed by atoms with Gasteiger partial charge in [-0.3, -0.25) is 9.88 Å². The largest absolute Gasteiger partial charge is 0.368 e. The monoisotopic (exact) mass is 259 g/mol. The molecule has 0 saturated carbocycles. The SMILES string of the molecule is CCC1C(C(C)C)C2c3ncccc3NC2N1CC. The third-order valence-electron chi connectivity index (χ3n) is 4.99. The van der Waals surface area contributed by atoms with E-state index in [2.05, 4.69) is 49.0 Å². The minimum absolute atomic E-state index is 0.451. The highest BCUT2D eigenvalue weighted by molar-refractivity contribution is 5.57. The van der Waals surface area contributed by atoms with E-state index in [0.717, 1.165) is 6.54 Å². The molecule has 1 aromatic heterocycles. The van der Waals surface area contributed by atoms with Gasteiger partial charge in [-0.1, -0.05) is 27.7 Å². The van der Waals surface area contributed by atoms with Crippen molar-refractivity contribution in [2.45, 2.75) is 52.2 Å². The zero-order valence-electron chi connectivity index (χ0n) is 12.4. The quantitative estimate of drug-likeness (QED) is 0.902. The normalized spacial score (nSPS) is 33.3. The van der Waals surface area contributed by atoms with Crippen molar-refractivity contribution in [3.8, 4) is 0 Å². The van der Waals surface area contributed by atoms with Crippen LogP contribution in [0.25, 0.3) is 0 Å². The topological polar surface area (TPSA) is 28.2 Å². The van der Waals surface area contributed by atoms with E-state index in [0.29, 0.717) is 30.0 Å². The van der Waals surface area contributed by atoms with Gasteiger partial charge in [-0.25, -0.2) is 0 Å². The fourth-order valence-corrected chi connectivity index (χ4v) is 4.35. The number of rotatable bonds is 3. The smallest absolute Gasteiger partial charge is 0.0885 e. The van der Waals surface area contributed by atoms with Gasteiger partial charge >= 0.3 is 0 Å². The molecule has 1 N–H and O–H groups in total. The number of anilines is 1. The van der Waals surface area contributed by atoms with E-state index < -0.39 is 0 Å². The zero-order chi connectivity index (χ0) is 13.6. The fourth-order valence-electron chi connectivity index (χ4n) is 4.35. The number of hydrogen-bond donors (Lipinski definition) is 1. The average Bonchev–Trinajstić information content (AvgIpc) is 2.91. The van der Waals surface area contributed by atoms with Crippen molar-refractivity contribution in [1.29, 1.82) is 0 Å². The second-order valence-corrected chi connectivity index (χ2v) is 6.18. The van der Waals surface area contributed by atoms with Crippen molar-refractivity contribution >= 4 is 5.69 Å². The van der Waals surface area contributed by atoms with Crippen molar-refractivity contribution in [3.05, 3.63) is 24.0 Å². The van der Waals surface area contributed by atoms with Crippen molar-refractivity contribution in [2.75, 3.05) is 11.9 Å². The van der Waals surface area contributed by atoms with Crippen LogP contribution >= 0.6 is 0 Å². The van der Waals surface area contributed by atoms with E-state index in [-0.39, 0.29) is 0 Å². The maximum absolute atomic E-state index is 4.68. The molecule has 0 aromatic carbocycles. The van der Waals surface area contributed by atoms with E-state index in [1.807, 2.05) is 12.3 Å². The Morgan fingerprint density at radius 3 is 2.79 bits per heavy atom. The van der Waals surface area contributed by atoms with Crippen molar-refractivity contribution < 1.29 is 0 Å². The van der Waals surface area contributed by atoms with Gasteiger partial charge in [0.1, 0.15) is 0 Å². The Labute approximate surface area is 116 Å². The second kappa shape index (κ2) is 4.78. The summed E-state index contributed by atoms with van der Waals surface area (Å²) >= 11 is 0. The summed E-state index contributed by atoms with van der Waals surface area (Å²) in [5.74, 6) is 1.96. The molecule has 104 valence electrons. The third-order valence-corrected chi connectivity index (χ3v) is 4.99. The molecule has 0 spiro atoms. The Balaban J connectivity index is 2.04. The number of likely N-dealkylation sites (tertiary alicyclic amines) is 1. The predicted octanol–water partition coefficient (Wildman–Crippen LogP) is 3.30. The molecule has 1 fully saturated rings. The van der Waals surface area contributed by atoms with Gasteiger partial charge in [-0.15, -0.1) is 0 Å². The number of nitrogens with zero attached hydrogens (tertiary/aromatic N) is 2. The van der Waals surface area contributed by atoms with Crippen molar-refractivity contribution in [2.24, 2.45) is 11.8 Å². The third kappa shape index (κ3) is 1.78. The summed E-state index contributed by atoms with van der Waals surface area (Å²) in [5, 5.41) is 3.71. The lowest BCUT2D eigenvalue weighted by Crippen LogP contribution is -2.40. The van der Waals surface area contributed by atoms with Gasteiger partial charge in [0.05, 0.1) is 17.5 Å². The van der Waals surface area contributed by atoms with Gasteiger partial charge in [0.25, 0.3) is 0 Å². The summed E-state index contributed by atoms with van der Waals surface area (Å²) in [6.07, 6.45) is 3.62. The molecule has 0 bridgehead atoms. The summed E-state index contributed by atoms with van der Waals surface area (Å²) in [4.78, 5) is 7.33. The van der Waals surface area contributed by atoms with Crippen LogP contribution in [0.3, 0.4) is 0 Å². The Hall–Kier alpha value is -1.09. The van der Waals surface area contributed by atoms with E-state index in [4.69, 9.17) is 0 Å². The van der Waals surface area contributed by atoms with Crippen LogP contribution in [0.4, 0.5) is 5.69 Å². The van der Waals surface area contributed by atoms with Crippen LogP contribution in [-0.4, -0.2) is 28.6 Å². The van der Waals surface area contributed by atoms with Crippen molar-refractivity contribution in [1.82, 2.24) is 9.88 Å². The second-order valence-electron chi connectivity index (χ2n) is 6.18. The molecule has 4 atom stereocenters. The first kappa shape index (κ1) is 12.9. The number of aromatic nitrogens is 1. The number of likely N-dealkylation sites (N-methyl/N-ethyl adjacent to an activating group) is 1. The number of pyridine rings is 1. The molecule has 1 saturated heterocycles. The molecule has 0 aliphatic carbocycles. The van der Waals surface area contributed by atoms with Gasteiger partial charge < -0.3 is 5.32 Å². The lowest BCUT2D eigenvalue weighted by Gasteiger charge is -2.31. The molecule has 0 amide bonds. The van der Waals surface area contributed by atoms with Crippen LogP contribution in [0.1, 0.15) is 45.7 Å². The standard InChI is InChI=1S/C16H25N3/c1-5-12-13(10(3)4)14-15-11(8-7-9-17-15)18-16(14)19(12)6-2/h7-10,12-14,16,18H,5-6H2,1-4H3. The predicted molar refractivity (Wildman–Crippen MR) is 79.2 cm³/mol. The van der Waals surface area contributed by atoms with Gasteiger partial charge in [0, 0.05) is 18.2 Å².